The maximum Gasteiger partial charge on any atom is 0.335 e. The first-order valence-electron chi connectivity index (χ1n) is 6.02. The van der Waals surface area contributed by atoms with Gasteiger partial charge in [-0.05, 0) is 12.1 Å². The minimum Gasteiger partial charge on any atom is -0.478 e. The first-order chi connectivity index (χ1) is 9.52. The highest BCUT2D eigenvalue weighted by Gasteiger charge is 2.26. The van der Waals surface area contributed by atoms with Crippen molar-refractivity contribution >= 4 is 17.3 Å². The summed E-state index contributed by atoms with van der Waals surface area (Å²) in [6, 6.07) is 3.66. The van der Waals surface area contributed by atoms with Gasteiger partial charge in [-0.25, -0.2) is 4.79 Å². The van der Waals surface area contributed by atoms with Gasteiger partial charge in [0.05, 0.1) is 29.8 Å². The molecule has 0 bridgehead atoms. The number of nitro benzene ring substituents is 1. The summed E-state index contributed by atoms with van der Waals surface area (Å²) in [6.45, 7) is 0.809. The lowest BCUT2D eigenvalue weighted by atomic mass is 10.1. The van der Waals surface area contributed by atoms with Gasteiger partial charge in [0.2, 0.25) is 0 Å². The molecular formula is C12H14N2O6. The molecule has 1 aliphatic rings. The van der Waals surface area contributed by atoms with Crippen LogP contribution in [0.15, 0.2) is 18.2 Å². The molecule has 1 fully saturated rings. The van der Waals surface area contributed by atoms with E-state index in [1.165, 1.54) is 18.2 Å². The number of aromatic carboxylic acids is 1. The quantitative estimate of drug-likeness (QED) is 0.610. The minimum absolute atomic E-state index is 0.0161. The number of hydrogen-bond donors (Lipinski definition) is 2. The maximum absolute atomic E-state index is 11.0. The number of aliphatic hydroxyl groups excluding tert-OH is 1. The highest BCUT2D eigenvalue weighted by Crippen LogP contribution is 2.30. The van der Waals surface area contributed by atoms with E-state index in [1.807, 2.05) is 0 Å². The molecule has 1 saturated heterocycles. The minimum atomic E-state index is -1.15. The highest BCUT2D eigenvalue weighted by atomic mass is 16.6. The van der Waals surface area contributed by atoms with Crippen molar-refractivity contribution in [1.29, 1.82) is 0 Å². The predicted molar refractivity (Wildman–Crippen MR) is 69.1 cm³/mol. The number of carboxylic acid groups (broad SMARTS) is 1. The summed E-state index contributed by atoms with van der Waals surface area (Å²) in [5.74, 6) is -1.15. The van der Waals surface area contributed by atoms with E-state index in [0.29, 0.717) is 13.2 Å². The van der Waals surface area contributed by atoms with Gasteiger partial charge in [0.15, 0.2) is 0 Å². The molecule has 0 radical (unpaired) electrons. The number of carbonyl (C=O) groups is 1. The number of ether oxygens (including phenoxy) is 1. The molecule has 1 aromatic carbocycles. The summed E-state index contributed by atoms with van der Waals surface area (Å²) in [5.41, 5.74) is 0.0582. The van der Waals surface area contributed by atoms with E-state index < -0.39 is 17.0 Å². The Labute approximate surface area is 114 Å². The van der Waals surface area contributed by atoms with E-state index in [0.717, 1.165) is 0 Å². The van der Waals surface area contributed by atoms with E-state index in [1.54, 1.807) is 4.90 Å². The molecule has 0 aromatic heterocycles. The van der Waals surface area contributed by atoms with Crippen LogP contribution in [-0.2, 0) is 4.74 Å². The van der Waals surface area contributed by atoms with Crippen molar-refractivity contribution < 1.29 is 24.7 Å². The lowest BCUT2D eigenvalue weighted by molar-refractivity contribution is -0.384. The van der Waals surface area contributed by atoms with Crippen molar-refractivity contribution in [2.45, 2.75) is 6.10 Å². The van der Waals surface area contributed by atoms with Gasteiger partial charge in [0.25, 0.3) is 5.69 Å². The van der Waals surface area contributed by atoms with Crippen molar-refractivity contribution in [3.8, 4) is 0 Å². The topological polar surface area (TPSA) is 113 Å². The first-order valence-corrected chi connectivity index (χ1v) is 6.02. The van der Waals surface area contributed by atoms with Gasteiger partial charge in [-0.1, -0.05) is 0 Å². The molecule has 0 saturated carbocycles. The molecule has 1 heterocycles. The normalized spacial score (nSPS) is 18.9. The van der Waals surface area contributed by atoms with E-state index in [9.17, 15) is 14.9 Å². The van der Waals surface area contributed by atoms with Gasteiger partial charge in [-0.15, -0.1) is 0 Å². The fourth-order valence-corrected chi connectivity index (χ4v) is 2.11. The van der Waals surface area contributed by atoms with Crippen LogP contribution in [0.2, 0.25) is 0 Å². The molecular weight excluding hydrogens is 268 g/mol. The molecule has 108 valence electrons. The summed E-state index contributed by atoms with van der Waals surface area (Å²) in [6.07, 6.45) is -0.433. The fraction of sp³-hybridized carbons (Fsp3) is 0.417. The second-order valence-electron chi connectivity index (χ2n) is 4.39. The van der Waals surface area contributed by atoms with Gasteiger partial charge in [0.1, 0.15) is 5.69 Å². The van der Waals surface area contributed by atoms with Crippen LogP contribution in [0.5, 0.6) is 0 Å². The Morgan fingerprint density at radius 2 is 2.30 bits per heavy atom. The number of nitro groups is 1. The number of morpholine rings is 1. The summed E-state index contributed by atoms with van der Waals surface area (Å²) < 4.78 is 5.28. The number of carboxylic acids is 1. The monoisotopic (exact) mass is 282 g/mol. The van der Waals surface area contributed by atoms with E-state index in [4.69, 9.17) is 14.9 Å². The summed E-state index contributed by atoms with van der Waals surface area (Å²) in [7, 11) is 0. The molecule has 20 heavy (non-hydrogen) atoms. The number of aliphatic hydroxyl groups is 1. The average Bonchev–Trinajstić information content (AvgIpc) is 2.46. The largest absolute Gasteiger partial charge is 0.478 e. The zero-order chi connectivity index (χ0) is 14.7. The van der Waals surface area contributed by atoms with E-state index >= 15 is 0 Å². The van der Waals surface area contributed by atoms with Crippen molar-refractivity contribution in [3.63, 3.8) is 0 Å². The SMILES string of the molecule is O=C(O)c1ccc([N+](=O)[O-])c(N2CCOC(CO)C2)c1. The fourth-order valence-electron chi connectivity index (χ4n) is 2.11. The third-order valence-electron chi connectivity index (χ3n) is 3.10. The second-order valence-corrected chi connectivity index (χ2v) is 4.39. The molecule has 8 heteroatoms. The number of benzene rings is 1. The number of anilines is 1. The summed E-state index contributed by atoms with van der Waals surface area (Å²) in [4.78, 5) is 23.1. The number of hydrogen-bond acceptors (Lipinski definition) is 6. The lowest BCUT2D eigenvalue weighted by Crippen LogP contribution is -2.44. The third-order valence-corrected chi connectivity index (χ3v) is 3.10. The van der Waals surface area contributed by atoms with Crippen LogP contribution in [0.3, 0.4) is 0 Å². The second kappa shape index (κ2) is 5.85. The molecule has 1 aromatic rings. The maximum atomic E-state index is 11.0. The Balaban J connectivity index is 2.38. The summed E-state index contributed by atoms with van der Waals surface area (Å²) in [5, 5.41) is 29.1. The number of nitrogens with zero attached hydrogens (tertiary/aromatic N) is 2. The van der Waals surface area contributed by atoms with Crippen molar-refractivity contribution in [1.82, 2.24) is 0 Å². The Morgan fingerprint density at radius 3 is 2.90 bits per heavy atom. The smallest absolute Gasteiger partial charge is 0.335 e. The molecule has 0 aliphatic carbocycles. The van der Waals surface area contributed by atoms with Gasteiger partial charge in [0, 0.05) is 19.2 Å². The highest BCUT2D eigenvalue weighted by molar-refractivity contribution is 5.90. The standard InChI is InChI=1S/C12H14N2O6/c15-7-9-6-13(3-4-20-9)11-5-8(12(16)17)1-2-10(11)14(18)19/h1-2,5,9,15H,3-4,6-7H2,(H,16,17). The van der Waals surface area contributed by atoms with E-state index in [-0.39, 0.29) is 30.1 Å². The van der Waals surface area contributed by atoms with Crippen LogP contribution in [0.4, 0.5) is 11.4 Å². The first kappa shape index (κ1) is 14.2. The van der Waals surface area contributed by atoms with Crippen LogP contribution in [0, 0.1) is 10.1 Å². The lowest BCUT2D eigenvalue weighted by Gasteiger charge is -2.33. The van der Waals surface area contributed by atoms with Crippen molar-refractivity contribution in [2.24, 2.45) is 0 Å². The molecule has 1 aliphatic heterocycles. The van der Waals surface area contributed by atoms with Gasteiger partial charge < -0.3 is 19.8 Å². The van der Waals surface area contributed by atoms with Gasteiger partial charge in [-0.2, -0.15) is 0 Å². The van der Waals surface area contributed by atoms with Crippen LogP contribution < -0.4 is 4.90 Å². The van der Waals surface area contributed by atoms with Crippen LogP contribution in [-0.4, -0.2) is 53.5 Å². The van der Waals surface area contributed by atoms with Crippen LogP contribution in [0.1, 0.15) is 10.4 Å². The molecule has 2 rings (SSSR count). The molecule has 2 N–H and O–H groups in total. The van der Waals surface area contributed by atoms with E-state index in [2.05, 4.69) is 0 Å². The molecule has 0 spiro atoms. The molecule has 0 amide bonds. The van der Waals surface area contributed by atoms with Crippen LogP contribution >= 0.6 is 0 Å². The molecule has 8 nitrogen and oxygen atoms in total. The zero-order valence-corrected chi connectivity index (χ0v) is 10.6. The zero-order valence-electron chi connectivity index (χ0n) is 10.6. The van der Waals surface area contributed by atoms with Crippen LogP contribution in [0.25, 0.3) is 0 Å². The average molecular weight is 282 g/mol. The molecule has 1 unspecified atom stereocenters. The Morgan fingerprint density at radius 1 is 1.55 bits per heavy atom. The third kappa shape index (κ3) is 2.86. The molecule has 1 atom stereocenters. The van der Waals surface area contributed by atoms with Crippen molar-refractivity contribution in [2.75, 3.05) is 31.2 Å². The number of rotatable bonds is 4. The Kier molecular flexibility index (Phi) is 4.16. The predicted octanol–water partition coefficient (Wildman–Crippen LogP) is 0.490. The van der Waals surface area contributed by atoms with Gasteiger partial charge in [-0.3, -0.25) is 10.1 Å². The Bertz CT molecular complexity index is 533. The van der Waals surface area contributed by atoms with Crippen molar-refractivity contribution in [3.05, 3.63) is 33.9 Å². The Hall–Kier alpha value is -2.19. The summed E-state index contributed by atoms with van der Waals surface area (Å²) >= 11 is 0. The van der Waals surface area contributed by atoms with Gasteiger partial charge >= 0.3 is 5.97 Å².